The van der Waals surface area contributed by atoms with E-state index in [1.165, 1.54) is 0 Å². The van der Waals surface area contributed by atoms with Crippen LogP contribution in [0.3, 0.4) is 0 Å². The molecule has 4 aromatic rings. The summed E-state index contributed by atoms with van der Waals surface area (Å²) in [5, 5.41) is 20.6. The lowest BCUT2D eigenvalue weighted by molar-refractivity contribution is -0.0426. The standard InChI is InChI=1S/C18H18N6O4/c19-18-22-16-14(17(27)23-18)21-15(9-2-1-8-3-4-20-10(8)5-9)24(16)13-6-11(26)12(7-25)28-13/h1-5,11-13,20,25-26H,6-7H2,(H3,19,22,23,27)/t11-,12+,13+/m0/s1. The number of hydrogen-bond donors (Lipinski definition) is 5. The number of nitrogen functional groups attached to an aromatic ring is 1. The maximum Gasteiger partial charge on any atom is 0.280 e. The maximum atomic E-state index is 12.4. The predicted molar refractivity (Wildman–Crippen MR) is 101 cm³/mol. The van der Waals surface area contributed by atoms with Crippen molar-refractivity contribution in [1.82, 2.24) is 24.5 Å². The molecular weight excluding hydrogens is 364 g/mol. The summed E-state index contributed by atoms with van der Waals surface area (Å²) in [5.74, 6) is 0.424. The second-order valence-corrected chi connectivity index (χ2v) is 6.82. The minimum absolute atomic E-state index is 0.0396. The zero-order valence-electron chi connectivity index (χ0n) is 14.7. The number of fused-ring (bicyclic) bond motifs is 2. The highest BCUT2D eigenvalue weighted by atomic mass is 16.5. The van der Waals surface area contributed by atoms with Crippen molar-refractivity contribution >= 4 is 28.0 Å². The molecule has 0 bridgehead atoms. The van der Waals surface area contributed by atoms with Crippen molar-refractivity contribution in [1.29, 1.82) is 0 Å². The molecule has 144 valence electrons. The van der Waals surface area contributed by atoms with Gasteiger partial charge in [-0.3, -0.25) is 14.3 Å². The summed E-state index contributed by atoms with van der Waals surface area (Å²) in [5.41, 5.74) is 7.33. The minimum Gasteiger partial charge on any atom is -0.394 e. The van der Waals surface area contributed by atoms with Crippen LogP contribution in [0.4, 0.5) is 5.95 Å². The first-order valence-electron chi connectivity index (χ1n) is 8.85. The fourth-order valence-electron chi connectivity index (χ4n) is 3.70. The molecule has 0 spiro atoms. The predicted octanol–water partition coefficient (Wildman–Crippen LogP) is 0.491. The molecule has 1 saturated heterocycles. The lowest BCUT2D eigenvalue weighted by Crippen LogP contribution is -2.24. The molecule has 3 aromatic heterocycles. The molecule has 6 N–H and O–H groups in total. The molecule has 28 heavy (non-hydrogen) atoms. The Labute approximate surface area is 157 Å². The van der Waals surface area contributed by atoms with E-state index in [1.54, 1.807) is 4.57 Å². The average Bonchev–Trinajstić information content (AvgIpc) is 3.36. The topological polar surface area (TPSA) is 155 Å². The Hall–Kier alpha value is -3.21. The fourth-order valence-corrected chi connectivity index (χ4v) is 3.70. The zero-order chi connectivity index (χ0) is 19.4. The van der Waals surface area contributed by atoms with Gasteiger partial charge in [-0.25, -0.2) is 4.98 Å². The number of hydrogen-bond acceptors (Lipinski definition) is 7. The average molecular weight is 382 g/mol. The summed E-state index contributed by atoms with van der Waals surface area (Å²) in [7, 11) is 0. The minimum atomic E-state index is -0.842. The van der Waals surface area contributed by atoms with Gasteiger partial charge in [0.25, 0.3) is 5.56 Å². The Morgan fingerprint density at radius 2 is 2.18 bits per heavy atom. The van der Waals surface area contributed by atoms with Gasteiger partial charge in [0.05, 0.1) is 12.7 Å². The molecular formula is C18H18N6O4. The Kier molecular flexibility index (Phi) is 3.72. The third-order valence-electron chi connectivity index (χ3n) is 5.05. The molecule has 0 saturated carbocycles. The lowest BCUT2D eigenvalue weighted by Gasteiger charge is -2.17. The Balaban J connectivity index is 1.76. The summed E-state index contributed by atoms with van der Waals surface area (Å²) >= 11 is 0. The van der Waals surface area contributed by atoms with E-state index in [0.717, 1.165) is 16.5 Å². The number of imidazole rings is 1. The summed E-state index contributed by atoms with van der Waals surface area (Å²) in [6.45, 7) is -0.315. The van der Waals surface area contributed by atoms with Crippen LogP contribution in [0.2, 0.25) is 0 Å². The maximum absolute atomic E-state index is 12.4. The van der Waals surface area contributed by atoms with Crippen LogP contribution in [0.15, 0.2) is 35.3 Å². The highest BCUT2D eigenvalue weighted by Crippen LogP contribution is 2.35. The quantitative estimate of drug-likeness (QED) is 0.345. The fraction of sp³-hybridized carbons (Fsp3) is 0.278. The summed E-state index contributed by atoms with van der Waals surface area (Å²) in [6, 6.07) is 7.70. The van der Waals surface area contributed by atoms with Gasteiger partial charge in [0.2, 0.25) is 5.95 Å². The SMILES string of the molecule is Nc1nc2c(nc(-c3ccc4cc[nH]c4c3)n2[C@H]2C[C@H](O)[C@@H](CO)O2)c(=O)[nH]1. The molecule has 4 heterocycles. The molecule has 0 amide bonds. The van der Waals surface area contributed by atoms with E-state index in [1.807, 2.05) is 30.5 Å². The van der Waals surface area contributed by atoms with Crippen LogP contribution in [0.25, 0.3) is 33.5 Å². The smallest absolute Gasteiger partial charge is 0.280 e. The molecule has 0 unspecified atom stereocenters. The number of ether oxygens (including phenoxy) is 1. The van der Waals surface area contributed by atoms with Gasteiger partial charge >= 0.3 is 0 Å². The highest BCUT2D eigenvalue weighted by molar-refractivity contribution is 5.85. The first-order chi connectivity index (χ1) is 13.5. The van der Waals surface area contributed by atoms with E-state index < -0.39 is 24.0 Å². The molecule has 1 aliphatic rings. The first-order valence-corrected chi connectivity index (χ1v) is 8.85. The first kappa shape index (κ1) is 16.9. The van der Waals surface area contributed by atoms with Gasteiger partial charge in [0.15, 0.2) is 11.2 Å². The van der Waals surface area contributed by atoms with E-state index in [9.17, 15) is 15.0 Å². The van der Waals surface area contributed by atoms with Crippen LogP contribution in [-0.4, -0.2) is 53.5 Å². The van der Waals surface area contributed by atoms with Gasteiger partial charge in [-0.05, 0) is 17.5 Å². The monoisotopic (exact) mass is 382 g/mol. The van der Waals surface area contributed by atoms with E-state index in [4.69, 9.17) is 10.5 Å². The molecule has 0 aliphatic carbocycles. The van der Waals surface area contributed by atoms with E-state index in [0.29, 0.717) is 5.82 Å². The number of H-pyrrole nitrogens is 2. The van der Waals surface area contributed by atoms with Gasteiger partial charge in [-0.2, -0.15) is 4.98 Å². The van der Waals surface area contributed by atoms with Gasteiger partial charge in [-0.1, -0.05) is 12.1 Å². The van der Waals surface area contributed by atoms with Gasteiger partial charge in [0, 0.05) is 23.7 Å². The van der Waals surface area contributed by atoms with Gasteiger partial charge < -0.3 is 25.7 Å². The lowest BCUT2D eigenvalue weighted by atomic mass is 10.1. The Morgan fingerprint density at radius 1 is 1.32 bits per heavy atom. The second kappa shape index (κ2) is 6.16. The normalized spacial score (nSPS) is 22.4. The summed E-state index contributed by atoms with van der Waals surface area (Å²) in [6.07, 6.45) is -0.151. The zero-order valence-corrected chi connectivity index (χ0v) is 14.7. The van der Waals surface area contributed by atoms with Gasteiger partial charge in [-0.15, -0.1) is 0 Å². The van der Waals surface area contributed by atoms with Crippen molar-refractivity contribution in [2.45, 2.75) is 24.9 Å². The summed E-state index contributed by atoms with van der Waals surface area (Å²) < 4.78 is 7.47. The van der Waals surface area contributed by atoms with Crippen LogP contribution < -0.4 is 11.3 Å². The molecule has 5 rings (SSSR count). The largest absolute Gasteiger partial charge is 0.394 e. The third kappa shape index (κ3) is 2.50. The number of aliphatic hydroxyl groups excluding tert-OH is 2. The molecule has 0 radical (unpaired) electrons. The van der Waals surface area contributed by atoms with Crippen molar-refractivity contribution in [3.05, 3.63) is 40.8 Å². The number of benzene rings is 1. The van der Waals surface area contributed by atoms with Crippen LogP contribution in [0.5, 0.6) is 0 Å². The third-order valence-corrected chi connectivity index (χ3v) is 5.05. The van der Waals surface area contributed by atoms with Crippen LogP contribution in [0.1, 0.15) is 12.6 Å². The molecule has 10 heteroatoms. The number of aromatic amines is 2. The van der Waals surface area contributed by atoms with Crippen LogP contribution in [-0.2, 0) is 4.74 Å². The van der Waals surface area contributed by atoms with Crippen molar-refractivity contribution in [2.24, 2.45) is 0 Å². The van der Waals surface area contributed by atoms with Crippen molar-refractivity contribution in [3.8, 4) is 11.4 Å². The second-order valence-electron chi connectivity index (χ2n) is 6.82. The van der Waals surface area contributed by atoms with Crippen LogP contribution >= 0.6 is 0 Å². The van der Waals surface area contributed by atoms with Crippen molar-refractivity contribution in [2.75, 3.05) is 12.3 Å². The number of aromatic nitrogens is 5. The Bertz CT molecular complexity index is 1240. The molecule has 1 fully saturated rings. The van der Waals surface area contributed by atoms with E-state index >= 15 is 0 Å². The van der Waals surface area contributed by atoms with E-state index in [2.05, 4.69) is 19.9 Å². The van der Waals surface area contributed by atoms with Crippen molar-refractivity contribution < 1.29 is 14.9 Å². The van der Waals surface area contributed by atoms with E-state index in [-0.39, 0.29) is 30.1 Å². The molecule has 1 aliphatic heterocycles. The Morgan fingerprint density at radius 3 is 2.96 bits per heavy atom. The number of anilines is 1. The number of nitrogens with one attached hydrogen (secondary N) is 2. The molecule has 3 atom stereocenters. The number of rotatable bonds is 3. The van der Waals surface area contributed by atoms with Crippen molar-refractivity contribution in [3.63, 3.8) is 0 Å². The van der Waals surface area contributed by atoms with Gasteiger partial charge in [0.1, 0.15) is 18.2 Å². The molecule has 1 aromatic carbocycles. The molecule has 10 nitrogen and oxygen atoms in total. The number of nitrogens with two attached hydrogens (primary N) is 1. The number of aliphatic hydroxyl groups is 2. The highest BCUT2D eigenvalue weighted by Gasteiger charge is 2.37. The summed E-state index contributed by atoms with van der Waals surface area (Å²) in [4.78, 5) is 26.7. The van der Waals surface area contributed by atoms with Crippen LogP contribution in [0, 0.1) is 0 Å². The number of nitrogens with zero attached hydrogens (tertiary/aromatic N) is 3.